The third kappa shape index (κ3) is 4.38. The zero-order valence-corrected chi connectivity index (χ0v) is 17.7. The van der Waals surface area contributed by atoms with Crippen LogP contribution in [0, 0.1) is 6.92 Å². The lowest BCUT2D eigenvalue weighted by atomic mass is 10.0. The molecule has 0 radical (unpaired) electrons. The molecular formula is C22H28N2O3S. The highest BCUT2D eigenvalue weighted by Gasteiger charge is 2.30. The lowest BCUT2D eigenvalue weighted by Crippen LogP contribution is -2.48. The highest BCUT2D eigenvalue weighted by Crippen LogP contribution is 2.26. The second-order valence-electron chi connectivity index (χ2n) is 7.69. The number of sulfonamides is 1. The molecule has 0 heterocycles. The average Bonchev–Trinajstić information content (AvgIpc) is 3.08. The van der Waals surface area contributed by atoms with Crippen molar-refractivity contribution >= 4 is 21.6 Å². The number of aryl methyl sites for hydroxylation is 3. The summed E-state index contributed by atoms with van der Waals surface area (Å²) in [6.45, 7) is 5.44. The van der Waals surface area contributed by atoms with E-state index in [4.69, 9.17) is 0 Å². The molecule has 6 heteroatoms. The Bertz CT molecular complexity index is 985. The minimum absolute atomic E-state index is 0.195. The van der Waals surface area contributed by atoms with E-state index in [0.717, 1.165) is 30.2 Å². The first-order chi connectivity index (χ1) is 13.2. The van der Waals surface area contributed by atoms with Crippen LogP contribution in [0.2, 0.25) is 0 Å². The maximum absolute atomic E-state index is 12.9. The van der Waals surface area contributed by atoms with Crippen LogP contribution in [-0.2, 0) is 27.7 Å². The van der Waals surface area contributed by atoms with Crippen LogP contribution in [0.1, 0.15) is 48.6 Å². The molecule has 0 bridgehead atoms. The predicted octanol–water partition coefficient (Wildman–Crippen LogP) is 3.52. The van der Waals surface area contributed by atoms with Gasteiger partial charge in [0.15, 0.2) is 0 Å². The van der Waals surface area contributed by atoms with Crippen molar-refractivity contribution in [1.29, 1.82) is 0 Å². The fourth-order valence-corrected chi connectivity index (χ4v) is 5.02. The SMILES string of the molecule is Cc1cccc(N([C@H](C)C(=O)N[C@H](C)c2ccc3c(c2)CCC3)S(C)(=O)=O)c1. The van der Waals surface area contributed by atoms with Gasteiger partial charge in [0.2, 0.25) is 15.9 Å². The summed E-state index contributed by atoms with van der Waals surface area (Å²) in [5.41, 5.74) is 5.21. The molecule has 0 spiro atoms. The molecule has 0 fully saturated rings. The number of amides is 1. The molecular weight excluding hydrogens is 372 g/mol. The first kappa shape index (κ1) is 20.4. The normalized spacial score (nSPS) is 15.6. The lowest BCUT2D eigenvalue weighted by molar-refractivity contribution is -0.122. The summed E-state index contributed by atoms with van der Waals surface area (Å²) >= 11 is 0. The van der Waals surface area contributed by atoms with Crippen LogP contribution in [0.3, 0.4) is 0 Å². The molecule has 2 aromatic carbocycles. The summed E-state index contributed by atoms with van der Waals surface area (Å²) in [4.78, 5) is 12.9. The predicted molar refractivity (Wildman–Crippen MR) is 113 cm³/mol. The lowest BCUT2D eigenvalue weighted by Gasteiger charge is -2.29. The van der Waals surface area contributed by atoms with Crippen LogP contribution in [0.25, 0.3) is 0 Å². The van der Waals surface area contributed by atoms with Crippen LogP contribution in [0.4, 0.5) is 5.69 Å². The molecule has 1 aliphatic rings. The van der Waals surface area contributed by atoms with Gasteiger partial charge in [0.05, 0.1) is 18.0 Å². The van der Waals surface area contributed by atoms with Crippen LogP contribution >= 0.6 is 0 Å². The molecule has 5 nitrogen and oxygen atoms in total. The number of hydrogen-bond donors (Lipinski definition) is 1. The number of nitrogens with zero attached hydrogens (tertiary/aromatic N) is 1. The van der Waals surface area contributed by atoms with Gasteiger partial charge in [0, 0.05) is 0 Å². The first-order valence-corrected chi connectivity index (χ1v) is 11.5. The number of anilines is 1. The van der Waals surface area contributed by atoms with Gasteiger partial charge in [-0.05, 0) is 74.4 Å². The molecule has 1 aliphatic carbocycles. The molecule has 0 unspecified atom stereocenters. The Balaban J connectivity index is 1.79. The highest BCUT2D eigenvalue weighted by atomic mass is 32.2. The highest BCUT2D eigenvalue weighted by molar-refractivity contribution is 7.92. The van der Waals surface area contributed by atoms with Gasteiger partial charge in [-0.25, -0.2) is 8.42 Å². The van der Waals surface area contributed by atoms with Crippen molar-refractivity contribution in [3.05, 3.63) is 64.7 Å². The van der Waals surface area contributed by atoms with Gasteiger partial charge < -0.3 is 5.32 Å². The van der Waals surface area contributed by atoms with Gasteiger partial charge in [-0.2, -0.15) is 0 Å². The molecule has 3 rings (SSSR count). The number of fused-ring (bicyclic) bond motifs is 1. The standard InChI is InChI=1S/C22H28N2O3S/c1-15-7-5-10-21(13-15)24(28(4,26)27)17(3)22(25)23-16(2)19-12-11-18-8-6-9-20(18)14-19/h5,7,10-14,16-17H,6,8-9H2,1-4H3,(H,23,25)/t16-,17-/m1/s1. The molecule has 0 saturated heterocycles. The Hall–Kier alpha value is -2.34. The summed E-state index contributed by atoms with van der Waals surface area (Å²) in [5, 5.41) is 2.98. The van der Waals surface area contributed by atoms with E-state index < -0.39 is 16.1 Å². The van der Waals surface area contributed by atoms with Crippen LogP contribution in [0.15, 0.2) is 42.5 Å². The van der Waals surface area contributed by atoms with E-state index in [1.54, 1.807) is 25.1 Å². The topological polar surface area (TPSA) is 66.5 Å². The Morgan fingerprint density at radius 3 is 2.46 bits per heavy atom. The minimum Gasteiger partial charge on any atom is -0.348 e. The molecule has 0 saturated carbocycles. The summed E-state index contributed by atoms with van der Waals surface area (Å²) in [6.07, 6.45) is 4.50. The first-order valence-electron chi connectivity index (χ1n) is 9.65. The van der Waals surface area contributed by atoms with Crippen molar-refractivity contribution in [2.75, 3.05) is 10.6 Å². The minimum atomic E-state index is -3.61. The van der Waals surface area contributed by atoms with Crippen molar-refractivity contribution < 1.29 is 13.2 Å². The Morgan fingerprint density at radius 2 is 1.79 bits per heavy atom. The van der Waals surface area contributed by atoms with Crippen LogP contribution < -0.4 is 9.62 Å². The second-order valence-corrected chi connectivity index (χ2v) is 9.55. The molecule has 2 aromatic rings. The molecule has 1 N–H and O–H groups in total. The maximum Gasteiger partial charge on any atom is 0.244 e. The molecule has 28 heavy (non-hydrogen) atoms. The number of benzene rings is 2. The van der Waals surface area contributed by atoms with Crippen molar-refractivity contribution in [3.63, 3.8) is 0 Å². The summed E-state index contributed by atoms with van der Waals surface area (Å²) in [5.74, 6) is -0.320. The van der Waals surface area contributed by atoms with Gasteiger partial charge in [0.25, 0.3) is 0 Å². The number of rotatable bonds is 6. The maximum atomic E-state index is 12.9. The molecule has 1 amide bonds. The third-order valence-electron chi connectivity index (χ3n) is 5.33. The molecule has 150 valence electrons. The van der Waals surface area contributed by atoms with E-state index in [-0.39, 0.29) is 11.9 Å². The van der Waals surface area contributed by atoms with Crippen molar-refractivity contribution in [2.24, 2.45) is 0 Å². The van der Waals surface area contributed by atoms with E-state index >= 15 is 0 Å². The monoisotopic (exact) mass is 400 g/mol. The summed E-state index contributed by atoms with van der Waals surface area (Å²) in [6, 6.07) is 12.5. The van der Waals surface area contributed by atoms with Gasteiger partial charge in [0.1, 0.15) is 6.04 Å². The smallest absolute Gasteiger partial charge is 0.244 e. The third-order valence-corrected chi connectivity index (χ3v) is 6.57. The van der Waals surface area contributed by atoms with Gasteiger partial charge in [-0.3, -0.25) is 9.10 Å². The number of carbonyl (C=O) groups excluding carboxylic acids is 1. The molecule has 2 atom stereocenters. The Labute approximate surface area is 167 Å². The van der Waals surface area contributed by atoms with E-state index in [1.807, 2.05) is 19.9 Å². The van der Waals surface area contributed by atoms with Crippen molar-refractivity contribution in [3.8, 4) is 0 Å². The summed E-state index contributed by atoms with van der Waals surface area (Å²) in [7, 11) is -3.61. The summed E-state index contributed by atoms with van der Waals surface area (Å²) < 4.78 is 26.0. The van der Waals surface area contributed by atoms with Crippen molar-refractivity contribution in [2.45, 2.75) is 52.1 Å². The van der Waals surface area contributed by atoms with Crippen LogP contribution in [0.5, 0.6) is 0 Å². The van der Waals surface area contributed by atoms with Gasteiger partial charge in [-0.1, -0.05) is 30.3 Å². The molecule has 0 aliphatic heterocycles. The van der Waals surface area contributed by atoms with E-state index in [1.165, 1.54) is 21.9 Å². The zero-order valence-electron chi connectivity index (χ0n) is 16.9. The number of nitrogens with one attached hydrogen (secondary N) is 1. The van der Waals surface area contributed by atoms with Gasteiger partial charge >= 0.3 is 0 Å². The number of hydrogen-bond acceptors (Lipinski definition) is 3. The van der Waals surface area contributed by atoms with E-state index in [0.29, 0.717) is 5.69 Å². The second kappa shape index (κ2) is 7.95. The van der Waals surface area contributed by atoms with Crippen molar-refractivity contribution in [1.82, 2.24) is 5.32 Å². The quantitative estimate of drug-likeness (QED) is 0.807. The van der Waals surface area contributed by atoms with E-state index in [9.17, 15) is 13.2 Å². The largest absolute Gasteiger partial charge is 0.348 e. The van der Waals surface area contributed by atoms with Gasteiger partial charge in [-0.15, -0.1) is 0 Å². The fraction of sp³-hybridized carbons (Fsp3) is 0.409. The Morgan fingerprint density at radius 1 is 1.07 bits per heavy atom. The number of carbonyl (C=O) groups is 1. The molecule has 0 aromatic heterocycles. The average molecular weight is 401 g/mol. The zero-order chi connectivity index (χ0) is 20.5. The Kier molecular flexibility index (Phi) is 5.79. The van der Waals surface area contributed by atoms with E-state index in [2.05, 4.69) is 23.5 Å². The van der Waals surface area contributed by atoms with Crippen LogP contribution in [-0.4, -0.2) is 26.6 Å². The fourth-order valence-electron chi connectivity index (χ4n) is 3.85.